The summed E-state index contributed by atoms with van der Waals surface area (Å²) in [6, 6.07) is 7.84. The number of hydrogen-bond acceptors (Lipinski definition) is 3. The maximum absolute atomic E-state index is 12.1. The molecule has 0 radical (unpaired) electrons. The molecule has 0 aliphatic heterocycles. The number of benzene rings is 1. The van der Waals surface area contributed by atoms with Crippen LogP contribution in [0.5, 0.6) is 0 Å². The third-order valence-electron chi connectivity index (χ3n) is 2.84. The molecule has 0 amide bonds. The van der Waals surface area contributed by atoms with Crippen molar-refractivity contribution in [3.05, 3.63) is 23.8 Å². The molecule has 1 aromatic carbocycles. The summed E-state index contributed by atoms with van der Waals surface area (Å²) in [7, 11) is -1.07. The van der Waals surface area contributed by atoms with E-state index in [9.17, 15) is 4.21 Å². The van der Waals surface area contributed by atoms with Crippen molar-refractivity contribution in [1.29, 1.82) is 5.26 Å². The molecule has 1 aromatic rings. The van der Waals surface area contributed by atoms with E-state index < -0.39 is 10.8 Å². The van der Waals surface area contributed by atoms with Crippen LogP contribution in [0.15, 0.2) is 23.1 Å². The highest BCUT2D eigenvalue weighted by Crippen LogP contribution is 2.23. The van der Waals surface area contributed by atoms with Gasteiger partial charge in [0.05, 0.1) is 27.2 Å². The standard InChI is InChI=1S/C14H20N2OS/c1-11-5-6-13(12(16)9-11)18(17)8-4-7-14(2,3)10-15/h5-6,9H,4,7-8,16H2,1-3H3. The van der Waals surface area contributed by atoms with E-state index in [2.05, 4.69) is 6.07 Å². The first kappa shape index (κ1) is 14.7. The molecule has 2 N–H and O–H groups in total. The molecule has 0 aromatic heterocycles. The molecule has 4 heteroatoms. The molecule has 1 atom stereocenters. The molecule has 1 unspecified atom stereocenters. The molecule has 18 heavy (non-hydrogen) atoms. The summed E-state index contributed by atoms with van der Waals surface area (Å²) >= 11 is 0. The van der Waals surface area contributed by atoms with E-state index in [1.165, 1.54) is 0 Å². The Morgan fingerprint density at radius 3 is 2.67 bits per heavy atom. The number of anilines is 1. The van der Waals surface area contributed by atoms with E-state index in [-0.39, 0.29) is 5.41 Å². The van der Waals surface area contributed by atoms with Crippen LogP contribution in [0.3, 0.4) is 0 Å². The smallest absolute Gasteiger partial charge is 0.0683 e. The summed E-state index contributed by atoms with van der Waals surface area (Å²) in [5.41, 5.74) is 7.18. The lowest BCUT2D eigenvalue weighted by molar-refractivity contribution is 0.447. The first-order valence-electron chi connectivity index (χ1n) is 6.01. The largest absolute Gasteiger partial charge is 0.398 e. The predicted octanol–water partition coefficient (Wildman–Crippen LogP) is 3.01. The Balaban J connectivity index is 2.59. The van der Waals surface area contributed by atoms with Crippen molar-refractivity contribution in [3.63, 3.8) is 0 Å². The van der Waals surface area contributed by atoms with Gasteiger partial charge in [-0.2, -0.15) is 5.26 Å². The maximum Gasteiger partial charge on any atom is 0.0683 e. The van der Waals surface area contributed by atoms with Gasteiger partial charge in [-0.3, -0.25) is 4.21 Å². The van der Waals surface area contributed by atoms with Gasteiger partial charge in [-0.15, -0.1) is 0 Å². The summed E-state index contributed by atoms with van der Waals surface area (Å²) < 4.78 is 12.1. The second-order valence-electron chi connectivity index (χ2n) is 5.19. The molecular weight excluding hydrogens is 244 g/mol. The summed E-state index contributed by atoms with van der Waals surface area (Å²) in [5, 5.41) is 8.91. The average Bonchev–Trinajstić information content (AvgIpc) is 2.28. The Hall–Kier alpha value is -1.34. The van der Waals surface area contributed by atoms with Gasteiger partial charge in [-0.1, -0.05) is 6.07 Å². The van der Waals surface area contributed by atoms with E-state index in [0.717, 1.165) is 18.4 Å². The van der Waals surface area contributed by atoms with Crippen LogP contribution >= 0.6 is 0 Å². The first-order chi connectivity index (χ1) is 8.35. The summed E-state index contributed by atoms with van der Waals surface area (Å²) in [6.07, 6.45) is 1.52. The zero-order chi connectivity index (χ0) is 13.8. The van der Waals surface area contributed by atoms with E-state index in [0.29, 0.717) is 16.3 Å². The van der Waals surface area contributed by atoms with Crippen LogP contribution in [0.4, 0.5) is 5.69 Å². The molecule has 0 spiro atoms. The summed E-state index contributed by atoms with van der Waals surface area (Å²) in [4.78, 5) is 0.704. The number of aryl methyl sites for hydroxylation is 1. The molecule has 0 bridgehead atoms. The van der Waals surface area contributed by atoms with Crippen molar-refractivity contribution in [2.24, 2.45) is 5.41 Å². The van der Waals surface area contributed by atoms with Crippen LogP contribution in [-0.4, -0.2) is 9.96 Å². The molecule has 98 valence electrons. The molecular formula is C14H20N2OS. The van der Waals surface area contributed by atoms with Gasteiger partial charge in [0.2, 0.25) is 0 Å². The van der Waals surface area contributed by atoms with Gasteiger partial charge in [0.1, 0.15) is 0 Å². The monoisotopic (exact) mass is 264 g/mol. The number of nitrogens with zero attached hydrogens (tertiary/aromatic N) is 1. The molecule has 0 aliphatic rings. The molecule has 0 saturated heterocycles. The average molecular weight is 264 g/mol. The Bertz CT molecular complexity index is 489. The number of rotatable bonds is 5. The molecule has 0 fully saturated rings. The summed E-state index contributed by atoms with van der Waals surface area (Å²) in [6.45, 7) is 5.75. The van der Waals surface area contributed by atoms with Gasteiger partial charge in [0.15, 0.2) is 0 Å². The number of nitrogens with two attached hydrogens (primary N) is 1. The summed E-state index contributed by atoms with van der Waals surface area (Å²) in [5.74, 6) is 0.554. The SMILES string of the molecule is Cc1ccc(S(=O)CCCC(C)(C)C#N)c(N)c1. The Labute approximate surface area is 111 Å². The predicted molar refractivity (Wildman–Crippen MR) is 75.5 cm³/mol. The Morgan fingerprint density at radius 1 is 1.44 bits per heavy atom. The zero-order valence-electron chi connectivity index (χ0n) is 11.2. The highest BCUT2D eigenvalue weighted by Gasteiger charge is 2.17. The van der Waals surface area contributed by atoms with Crippen molar-refractivity contribution in [2.45, 2.75) is 38.5 Å². The van der Waals surface area contributed by atoms with Gasteiger partial charge >= 0.3 is 0 Å². The number of nitrogen functional groups attached to an aromatic ring is 1. The third kappa shape index (κ3) is 4.15. The highest BCUT2D eigenvalue weighted by atomic mass is 32.2. The van der Waals surface area contributed by atoms with Crippen molar-refractivity contribution >= 4 is 16.5 Å². The van der Waals surface area contributed by atoms with Gasteiger partial charge in [0, 0.05) is 11.4 Å². The van der Waals surface area contributed by atoms with Crippen LogP contribution in [0.25, 0.3) is 0 Å². The van der Waals surface area contributed by atoms with Crippen LogP contribution in [0, 0.1) is 23.7 Å². The van der Waals surface area contributed by atoms with Crippen LogP contribution < -0.4 is 5.73 Å². The fourth-order valence-corrected chi connectivity index (χ4v) is 2.85. The molecule has 0 heterocycles. The quantitative estimate of drug-likeness (QED) is 0.831. The lowest BCUT2D eigenvalue weighted by atomic mass is 9.90. The van der Waals surface area contributed by atoms with Crippen LogP contribution in [-0.2, 0) is 10.8 Å². The highest BCUT2D eigenvalue weighted by molar-refractivity contribution is 7.85. The zero-order valence-corrected chi connectivity index (χ0v) is 12.0. The third-order valence-corrected chi connectivity index (χ3v) is 4.37. The minimum atomic E-state index is -1.07. The molecule has 0 aliphatic carbocycles. The van der Waals surface area contributed by atoms with E-state index in [4.69, 9.17) is 11.0 Å². The fourth-order valence-electron chi connectivity index (χ4n) is 1.69. The number of nitriles is 1. The topological polar surface area (TPSA) is 66.9 Å². The Kier molecular flexibility index (Phi) is 4.92. The maximum atomic E-state index is 12.1. The van der Waals surface area contributed by atoms with E-state index in [1.54, 1.807) is 0 Å². The van der Waals surface area contributed by atoms with Crippen LogP contribution in [0.2, 0.25) is 0 Å². The molecule has 3 nitrogen and oxygen atoms in total. The van der Waals surface area contributed by atoms with Crippen molar-refractivity contribution in [3.8, 4) is 6.07 Å². The normalized spacial score (nSPS) is 13.0. The van der Waals surface area contributed by atoms with Crippen molar-refractivity contribution in [1.82, 2.24) is 0 Å². The van der Waals surface area contributed by atoms with Gasteiger partial charge < -0.3 is 5.73 Å². The lowest BCUT2D eigenvalue weighted by Gasteiger charge is -2.14. The lowest BCUT2D eigenvalue weighted by Crippen LogP contribution is -2.10. The van der Waals surface area contributed by atoms with Gasteiger partial charge in [-0.25, -0.2) is 0 Å². The second-order valence-corrected chi connectivity index (χ2v) is 6.73. The Morgan fingerprint density at radius 2 is 2.11 bits per heavy atom. The van der Waals surface area contributed by atoms with Crippen LogP contribution in [0.1, 0.15) is 32.3 Å². The second kappa shape index (κ2) is 6.01. The molecule has 0 saturated carbocycles. The minimum Gasteiger partial charge on any atom is -0.398 e. The minimum absolute atomic E-state index is 0.344. The van der Waals surface area contributed by atoms with Gasteiger partial charge in [0.25, 0.3) is 0 Å². The van der Waals surface area contributed by atoms with E-state index in [1.807, 2.05) is 39.0 Å². The van der Waals surface area contributed by atoms with Crippen molar-refractivity contribution in [2.75, 3.05) is 11.5 Å². The number of hydrogen-bond donors (Lipinski definition) is 1. The fraction of sp³-hybridized carbons (Fsp3) is 0.500. The van der Waals surface area contributed by atoms with E-state index >= 15 is 0 Å². The molecule has 1 rings (SSSR count). The van der Waals surface area contributed by atoms with Gasteiger partial charge in [-0.05, 0) is 51.3 Å². The first-order valence-corrected chi connectivity index (χ1v) is 7.33. The van der Waals surface area contributed by atoms with Crippen molar-refractivity contribution < 1.29 is 4.21 Å².